The number of carbonyl (C=O) groups is 1. The van der Waals surface area contributed by atoms with Gasteiger partial charge in [0.05, 0.1) is 11.1 Å². The Balaban J connectivity index is 1.57. The van der Waals surface area contributed by atoms with Crippen LogP contribution < -0.4 is 5.56 Å². The van der Waals surface area contributed by atoms with Gasteiger partial charge in [0.25, 0.3) is 5.56 Å². The van der Waals surface area contributed by atoms with E-state index in [0.717, 1.165) is 42.3 Å². The normalized spacial score (nSPS) is 18.2. The molecule has 0 aromatic carbocycles. The van der Waals surface area contributed by atoms with Crippen LogP contribution in [0.15, 0.2) is 9.95 Å². The zero-order valence-electron chi connectivity index (χ0n) is 14.0. The number of thioether (sulfide) groups is 1. The molecule has 0 N–H and O–H groups in total. The number of rotatable bonds is 4. The molecular weight excluding hydrogens is 340 g/mol. The molecule has 0 aliphatic heterocycles. The summed E-state index contributed by atoms with van der Waals surface area (Å²) in [6, 6.07) is 0. The Bertz CT molecular complexity index is 847. The molecule has 4 nitrogen and oxygen atoms in total. The quantitative estimate of drug-likeness (QED) is 0.614. The van der Waals surface area contributed by atoms with Crippen LogP contribution in [0.1, 0.15) is 49.0 Å². The maximum Gasteiger partial charge on any atom is 0.262 e. The van der Waals surface area contributed by atoms with Crippen LogP contribution in [0.2, 0.25) is 0 Å². The zero-order valence-corrected chi connectivity index (χ0v) is 15.6. The minimum atomic E-state index is 0.0482. The average Bonchev–Trinajstić information content (AvgIpc) is 3.18. The van der Waals surface area contributed by atoms with E-state index in [-0.39, 0.29) is 11.5 Å². The van der Waals surface area contributed by atoms with Crippen molar-refractivity contribution in [2.45, 2.75) is 56.5 Å². The lowest BCUT2D eigenvalue weighted by molar-refractivity contribution is -0.121. The summed E-state index contributed by atoms with van der Waals surface area (Å²) >= 11 is 3.09. The van der Waals surface area contributed by atoms with Gasteiger partial charge < -0.3 is 0 Å². The smallest absolute Gasteiger partial charge is 0.262 e. The molecule has 1 fully saturated rings. The lowest BCUT2D eigenvalue weighted by Gasteiger charge is -2.20. The van der Waals surface area contributed by atoms with Gasteiger partial charge in [-0.15, -0.1) is 11.3 Å². The molecule has 0 amide bonds. The van der Waals surface area contributed by atoms with Crippen LogP contribution >= 0.6 is 23.1 Å². The SMILES string of the molecule is Cn1c(SCC(=O)C2CCCCC2)nc2sc3c(c2c1=O)CCC3. The summed E-state index contributed by atoms with van der Waals surface area (Å²) in [6.45, 7) is 0. The third kappa shape index (κ3) is 2.84. The number of aryl methyl sites for hydroxylation is 2. The molecule has 2 heterocycles. The maximum atomic E-state index is 12.7. The Kier molecular flexibility index (Phi) is 4.52. The van der Waals surface area contributed by atoms with Crippen LogP contribution in [-0.4, -0.2) is 21.1 Å². The lowest BCUT2D eigenvalue weighted by atomic mass is 9.87. The third-order valence-electron chi connectivity index (χ3n) is 5.31. The monoisotopic (exact) mass is 362 g/mol. The summed E-state index contributed by atoms with van der Waals surface area (Å²) in [7, 11) is 1.78. The van der Waals surface area contributed by atoms with Gasteiger partial charge in [0, 0.05) is 17.8 Å². The van der Waals surface area contributed by atoms with Crippen LogP contribution in [-0.2, 0) is 24.7 Å². The molecule has 6 heteroatoms. The van der Waals surface area contributed by atoms with Gasteiger partial charge >= 0.3 is 0 Å². The summed E-state index contributed by atoms with van der Waals surface area (Å²) in [4.78, 5) is 32.1. The van der Waals surface area contributed by atoms with E-state index in [1.165, 1.54) is 41.5 Å². The first kappa shape index (κ1) is 16.3. The first-order valence-corrected chi connectivity index (χ1v) is 10.6. The summed E-state index contributed by atoms with van der Waals surface area (Å²) in [5.41, 5.74) is 1.27. The number of ketones is 1. The van der Waals surface area contributed by atoms with Gasteiger partial charge in [-0.2, -0.15) is 0 Å². The number of Topliss-reactive ketones (excluding diaryl/α,β-unsaturated/α-hetero) is 1. The van der Waals surface area contributed by atoms with Gasteiger partial charge in [-0.1, -0.05) is 31.0 Å². The topological polar surface area (TPSA) is 52.0 Å². The van der Waals surface area contributed by atoms with Gasteiger partial charge in [-0.3, -0.25) is 14.2 Å². The van der Waals surface area contributed by atoms with Crippen molar-refractivity contribution in [2.75, 3.05) is 5.75 Å². The molecule has 0 saturated heterocycles. The van der Waals surface area contributed by atoms with Crippen molar-refractivity contribution in [3.05, 3.63) is 20.8 Å². The predicted molar refractivity (Wildman–Crippen MR) is 99.2 cm³/mol. The molecule has 128 valence electrons. The second kappa shape index (κ2) is 6.64. The van der Waals surface area contributed by atoms with Gasteiger partial charge in [-0.25, -0.2) is 4.98 Å². The second-order valence-corrected chi connectivity index (χ2v) is 8.91. The molecule has 0 radical (unpaired) electrons. The summed E-state index contributed by atoms with van der Waals surface area (Å²) in [5, 5.41) is 1.49. The van der Waals surface area contributed by atoms with Crippen molar-refractivity contribution >= 4 is 39.1 Å². The standard InChI is InChI=1S/C18H22N2O2S2/c1-20-17(22)15-12-8-5-9-14(12)24-16(15)19-18(20)23-10-13(21)11-6-3-2-4-7-11/h11H,2-10H2,1H3. The highest BCUT2D eigenvalue weighted by Gasteiger charge is 2.24. The number of hydrogen-bond donors (Lipinski definition) is 0. The third-order valence-corrected chi connectivity index (χ3v) is 7.55. The van der Waals surface area contributed by atoms with Crippen LogP contribution in [0, 0.1) is 5.92 Å². The van der Waals surface area contributed by atoms with Gasteiger partial charge in [-0.05, 0) is 37.7 Å². The van der Waals surface area contributed by atoms with Crippen molar-refractivity contribution in [2.24, 2.45) is 13.0 Å². The number of nitrogens with zero attached hydrogens (tertiary/aromatic N) is 2. The Morgan fingerprint density at radius 1 is 1.25 bits per heavy atom. The molecule has 0 spiro atoms. The number of fused-ring (bicyclic) bond motifs is 3. The summed E-state index contributed by atoms with van der Waals surface area (Å²) in [5.74, 6) is 0.974. The van der Waals surface area contributed by atoms with E-state index in [2.05, 4.69) is 0 Å². The second-order valence-electron chi connectivity index (χ2n) is 6.89. The lowest BCUT2D eigenvalue weighted by Crippen LogP contribution is -2.22. The number of carbonyl (C=O) groups excluding carboxylic acids is 1. The van der Waals surface area contributed by atoms with Crippen molar-refractivity contribution in [1.29, 1.82) is 0 Å². The Morgan fingerprint density at radius 2 is 2.04 bits per heavy atom. The van der Waals surface area contributed by atoms with E-state index < -0.39 is 0 Å². The first-order valence-electron chi connectivity index (χ1n) is 8.82. The van der Waals surface area contributed by atoms with Gasteiger partial charge in [0.1, 0.15) is 10.6 Å². The van der Waals surface area contributed by atoms with Crippen LogP contribution in [0.3, 0.4) is 0 Å². The highest BCUT2D eigenvalue weighted by atomic mass is 32.2. The van der Waals surface area contributed by atoms with E-state index in [4.69, 9.17) is 4.98 Å². The predicted octanol–water partition coefficient (Wildman–Crippen LogP) is 3.73. The molecule has 2 aliphatic rings. The molecule has 1 saturated carbocycles. The molecule has 24 heavy (non-hydrogen) atoms. The summed E-state index contributed by atoms with van der Waals surface area (Å²) in [6.07, 6.45) is 8.88. The summed E-state index contributed by atoms with van der Waals surface area (Å²) < 4.78 is 1.63. The molecule has 4 rings (SSSR count). The fraction of sp³-hybridized carbons (Fsp3) is 0.611. The first-order chi connectivity index (χ1) is 11.6. The molecule has 2 aliphatic carbocycles. The number of hydrogen-bond acceptors (Lipinski definition) is 5. The molecule has 0 bridgehead atoms. The van der Waals surface area contributed by atoms with Crippen molar-refractivity contribution in [3.63, 3.8) is 0 Å². The van der Waals surface area contributed by atoms with Crippen molar-refractivity contribution in [3.8, 4) is 0 Å². The Morgan fingerprint density at radius 3 is 2.83 bits per heavy atom. The van der Waals surface area contributed by atoms with Crippen LogP contribution in [0.5, 0.6) is 0 Å². The molecule has 0 unspecified atom stereocenters. The van der Waals surface area contributed by atoms with E-state index in [1.54, 1.807) is 23.0 Å². The van der Waals surface area contributed by atoms with Crippen molar-refractivity contribution < 1.29 is 4.79 Å². The molecule has 2 aromatic heterocycles. The van der Waals surface area contributed by atoms with Gasteiger partial charge in [0.2, 0.25) is 0 Å². The van der Waals surface area contributed by atoms with Crippen LogP contribution in [0.4, 0.5) is 0 Å². The Hall–Kier alpha value is -1.14. The van der Waals surface area contributed by atoms with E-state index in [1.807, 2.05) is 0 Å². The number of thiophene rings is 1. The fourth-order valence-corrected chi connectivity index (χ4v) is 6.16. The highest BCUT2D eigenvalue weighted by Crippen LogP contribution is 2.35. The molecule has 2 aromatic rings. The minimum absolute atomic E-state index is 0.0482. The molecular formula is C18H22N2O2S2. The highest BCUT2D eigenvalue weighted by molar-refractivity contribution is 7.99. The van der Waals surface area contributed by atoms with Crippen molar-refractivity contribution in [1.82, 2.24) is 9.55 Å². The largest absolute Gasteiger partial charge is 0.298 e. The number of aromatic nitrogens is 2. The fourth-order valence-electron chi connectivity index (χ4n) is 3.91. The van der Waals surface area contributed by atoms with E-state index >= 15 is 0 Å². The Labute approximate surface area is 149 Å². The van der Waals surface area contributed by atoms with E-state index in [0.29, 0.717) is 16.7 Å². The maximum absolute atomic E-state index is 12.7. The zero-order chi connectivity index (χ0) is 16.7. The minimum Gasteiger partial charge on any atom is -0.298 e. The van der Waals surface area contributed by atoms with Crippen LogP contribution in [0.25, 0.3) is 10.2 Å². The van der Waals surface area contributed by atoms with Gasteiger partial charge in [0.15, 0.2) is 5.16 Å². The molecule has 0 atom stereocenters. The average molecular weight is 363 g/mol. The van der Waals surface area contributed by atoms with E-state index in [9.17, 15) is 9.59 Å².